The van der Waals surface area contributed by atoms with E-state index in [4.69, 9.17) is 16.3 Å². The number of nitrogens with zero attached hydrogens (tertiary/aromatic N) is 6. The lowest BCUT2D eigenvalue weighted by Gasteiger charge is -2.33. The van der Waals surface area contributed by atoms with Crippen molar-refractivity contribution in [1.82, 2.24) is 24.7 Å². The Morgan fingerprint density at radius 2 is 2.00 bits per heavy atom. The summed E-state index contributed by atoms with van der Waals surface area (Å²) in [5, 5.41) is 18.3. The first-order chi connectivity index (χ1) is 15.7. The van der Waals surface area contributed by atoms with Crippen LogP contribution in [-0.4, -0.2) is 62.2 Å². The second-order valence-electron chi connectivity index (χ2n) is 8.22. The van der Waals surface area contributed by atoms with Crippen molar-refractivity contribution in [3.8, 4) is 11.1 Å². The zero-order chi connectivity index (χ0) is 21.9. The van der Waals surface area contributed by atoms with Crippen LogP contribution >= 0.6 is 11.6 Å². The summed E-state index contributed by atoms with van der Waals surface area (Å²) >= 11 is 5.92. The van der Waals surface area contributed by atoms with Crippen molar-refractivity contribution in [2.75, 3.05) is 36.5 Å². The van der Waals surface area contributed by atoms with Crippen molar-refractivity contribution in [3.63, 3.8) is 0 Å². The van der Waals surface area contributed by atoms with Crippen LogP contribution in [-0.2, 0) is 4.74 Å². The third-order valence-corrected chi connectivity index (χ3v) is 6.16. The molecule has 2 aliphatic rings. The lowest BCUT2D eigenvalue weighted by molar-refractivity contribution is 0.0662. The number of aromatic nitrogens is 5. The predicted octanol–water partition coefficient (Wildman–Crippen LogP) is 3.44. The van der Waals surface area contributed by atoms with Gasteiger partial charge in [-0.3, -0.25) is 4.68 Å². The second kappa shape index (κ2) is 9.40. The number of anilines is 3. The summed E-state index contributed by atoms with van der Waals surface area (Å²) in [4.78, 5) is 14.9. The van der Waals surface area contributed by atoms with E-state index >= 15 is 0 Å². The van der Waals surface area contributed by atoms with Crippen LogP contribution < -0.4 is 10.2 Å². The van der Waals surface area contributed by atoms with E-state index in [0.717, 1.165) is 62.3 Å². The first-order valence-electron chi connectivity index (χ1n) is 11.0. The van der Waals surface area contributed by atoms with Gasteiger partial charge in [-0.15, -0.1) is 0 Å². The number of hydrogen-bond acceptors (Lipinski definition) is 8. The monoisotopic (exact) mass is 455 g/mol. The van der Waals surface area contributed by atoms with E-state index in [-0.39, 0.29) is 11.4 Å². The van der Waals surface area contributed by atoms with Crippen molar-refractivity contribution >= 4 is 28.9 Å². The van der Waals surface area contributed by atoms with E-state index in [9.17, 15) is 5.11 Å². The van der Waals surface area contributed by atoms with Gasteiger partial charge in [0.15, 0.2) is 0 Å². The molecule has 9 nitrogen and oxygen atoms in total. The van der Waals surface area contributed by atoms with Gasteiger partial charge in [-0.25, -0.2) is 15.0 Å². The third-order valence-electron chi connectivity index (χ3n) is 5.98. The summed E-state index contributed by atoms with van der Waals surface area (Å²) < 4.78 is 7.53. The molecule has 10 heteroatoms. The molecular formula is C22H26ClN7O2. The largest absolute Gasteiger partial charge is 0.391 e. The summed E-state index contributed by atoms with van der Waals surface area (Å²) in [6, 6.07) is 4.09. The lowest BCUT2D eigenvalue weighted by Crippen LogP contribution is -2.38. The zero-order valence-corrected chi connectivity index (χ0v) is 18.4. The minimum absolute atomic E-state index is 0.173. The maximum Gasteiger partial charge on any atom is 0.224 e. The Labute approximate surface area is 191 Å². The van der Waals surface area contributed by atoms with E-state index in [1.165, 1.54) is 0 Å². The first-order valence-corrected chi connectivity index (χ1v) is 11.3. The molecule has 2 aliphatic heterocycles. The van der Waals surface area contributed by atoms with Crippen LogP contribution in [0.15, 0.2) is 36.9 Å². The summed E-state index contributed by atoms with van der Waals surface area (Å²) in [5.74, 6) is 1.22. The minimum Gasteiger partial charge on any atom is -0.391 e. The van der Waals surface area contributed by atoms with Gasteiger partial charge >= 0.3 is 0 Å². The molecule has 5 heterocycles. The average Bonchev–Trinajstić information content (AvgIpc) is 3.30. The summed E-state index contributed by atoms with van der Waals surface area (Å²) in [5.41, 5.74) is 3.01. The Balaban J connectivity index is 1.47. The minimum atomic E-state index is -0.341. The van der Waals surface area contributed by atoms with Gasteiger partial charge in [0.25, 0.3) is 0 Å². The fourth-order valence-electron chi connectivity index (χ4n) is 4.33. The van der Waals surface area contributed by atoms with Gasteiger partial charge in [0, 0.05) is 62.1 Å². The number of halogens is 1. The number of rotatable bonds is 5. The van der Waals surface area contributed by atoms with Gasteiger partial charge < -0.3 is 20.1 Å². The lowest BCUT2D eigenvalue weighted by atomic mass is 10.0. The van der Waals surface area contributed by atoms with E-state index < -0.39 is 0 Å². The topological polar surface area (TPSA) is 101 Å². The molecule has 32 heavy (non-hydrogen) atoms. The molecule has 2 saturated heterocycles. The van der Waals surface area contributed by atoms with Gasteiger partial charge in [0.2, 0.25) is 5.28 Å². The number of ether oxygens (including phenoxy) is 1. The van der Waals surface area contributed by atoms with Crippen LogP contribution in [0.25, 0.3) is 11.1 Å². The van der Waals surface area contributed by atoms with E-state index in [2.05, 4.69) is 36.5 Å². The summed E-state index contributed by atoms with van der Waals surface area (Å²) in [6.45, 7) is 3.00. The van der Waals surface area contributed by atoms with Gasteiger partial charge in [0.1, 0.15) is 11.6 Å². The highest BCUT2D eigenvalue weighted by Crippen LogP contribution is 2.35. The third kappa shape index (κ3) is 4.69. The number of piperidine rings is 1. The van der Waals surface area contributed by atoms with Crippen molar-refractivity contribution < 1.29 is 9.84 Å². The van der Waals surface area contributed by atoms with Crippen molar-refractivity contribution in [3.05, 3.63) is 42.2 Å². The molecule has 2 N–H and O–H groups in total. The molecular weight excluding hydrogens is 430 g/mol. The van der Waals surface area contributed by atoms with Crippen LogP contribution in [0, 0.1) is 0 Å². The first kappa shape index (κ1) is 21.1. The highest BCUT2D eigenvalue weighted by Gasteiger charge is 2.23. The van der Waals surface area contributed by atoms with E-state index in [1.54, 1.807) is 12.3 Å². The molecule has 0 spiro atoms. The normalized spacial score (nSPS) is 19.8. The molecule has 0 amide bonds. The van der Waals surface area contributed by atoms with E-state index in [0.29, 0.717) is 24.2 Å². The number of aliphatic hydroxyl groups is 1. The highest BCUT2D eigenvalue weighted by atomic mass is 35.5. The Bertz CT molecular complexity index is 1070. The van der Waals surface area contributed by atoms with E-state index in [1.807, 2.05) is 23.1 Å². The maximum atomic E-state index is 10.3. The average molecular weight is 456 g/mol. The van der Waals surface area contributed by atoms with Crippen LogP contribution in [0.5, 0.6) is 0 Å². The molecule has 3 aromatic heterocycles. The maximum absolute atomic E-state index is 10.3. The fourth-order valence-corrected chi connectivity index (χ4v) is 4.48. The number of β-amino-alcohol motifs (C(OH)–C–C–N with tert-alkyl or cyclic N) is 1. The molecule has 0 aliphatic carbocycles. The Morgan fingerprint density at radius 1 is 1.12 bits per heavy atom. The number of nitrogens with one attached hydrogen (secondary N) is 1. The van der Waals surface area contributed by atoms with Gasteiger partial charge in [-0.1, -0.05) is 0 Å². The molecule has 0 bridgehead atoms. The molecule has 3 aromatic rings. The molecule has 2 fully saturated rings. The molecule has 0 saturated carbocycles. The van der Waals surface area contributed by atoms with Crippen LogP contribution in [0.2, 0.25) is 5.28 Å². The molecule has 0 unspecified atom stereocenters. The van der Waals surface area contributed by atoms with Gasteiger partial charge in [-0.05, 0) is 43.4 Å². The predicted molar refractivity (Wildman–Crippen MR) is 122 cm³/mol. The quantitative estimate of drug-likeness (QED) is 0.564. The highest BCUT2D eigenvalue weighted by molar-refractivity contribution is 6.28. The van der Waals surface area contributed by atoms with Crippen molar-refractivity contribution in [2.45, 2.75) is 37.8 Å². The Hall–Kier alpha value is -2.75. The standard InChI is InChI=1S/C22H26ClN7O2/c23-22-24-6-3-20(28-22)27-21-10-19(29-7-1-2-17(31)14-29)18(12-25-21)15-11-26-30(13-15)16-4-8-32-9-5-16/h3,6,10-13,16-17,31H,1-2,4-5,7-9,14H2,(H,24,25,27,28)/t17-/m0/s1. The van der Waals surface area contributed by atoms with Gasteiger partial charge in [-0.2, -0.15) is 5.10 Å². The molecule has 1 atom stereocenters. The van der Waals surface area contributed by atoms with Crippen LogP contribution in [0.4, 0.5) is 17.3 Å². The second-order valence-corrected chi connectivity index (χ2v) is 8.56. The van der Waals surface area contributed by atoms with Gasteiger partial charge in [0.05, 0.1) is 24.0 Å². The smallest absolute Gasteiger partial charge is 0.224 e. The SMILES string of the molecule is O[C@H]1CCCN(c2cc(Nc3ccnc(Cl)n3)ncc2-c2cnn(C3CCOCC3)c2)C1. The molecule has 5 rings (SSSR count). The van der Waals surface area contributed by atoms with Crippen molar-refractivity contribution in [1.29, 1.82) is 0 Å². The van der Waals surface area contributed by atoms with Crippen molar-refractivity contribution in [2.24, 2.45) is 0 Å². The summed E-state index contributed by atoms with van der Waals surface area (Å²) in [7, 11) is 0. The Kier molecular flexibility index (Phi) is 6.20. The fraction of sp³-hybridized carbons (Fsp3) is 0.455. The van der Waals surface area contributed by atoms with Crippen LogP contribution in [0.1, 0.15) is 31.7 Å². The molecule has 0 aromatic carbocycles. The zero-order valence-electron chi connectivity index (χ0n) is 17.7. The number of hydrogen-bond donors (Lipinski definition) is 2. The Morgan fingerprint density at radius 3 is 2.81 bits per heavy atom. The molecule has 0 radical (unpaired) electrons. The number of aliphatic hydroxyl groups excluding tert-OH is 1. The summed E-state index contributed by atoms with van der Waals surface area (Å²) in [6.07, 6.45) is 10.8. The van der Waals surface area contributed by atoms with Crippen LogP contribution in [0.3, 0.4) is 0 Å². The number of pyridine rings is 1. The molecule has 168 valence electrons.